The van der Waals surface area contributed by atoms with Crippen LogP contribution in [0.2, 0.25) is 0 Å². The van der Waals surface area contributed by atoms with Crippen LogP contribution in [-0.4, -0.2) is 30.2 Å². The molecule has 26 heavy (non-hydrogen) atoms. The van der Waals surface area contributed by atoms with E-state index in [4.69, 9.17) is 4.42 Å². The van der Waals surface area contributed by atoms with Gasteiger partial charge in [-0.2, -0.15) is 0 Å². The molecule has 131 valence electrons. The molecule has 4 rings (SSSR count). The van der Waals surface area contributed by atoms with Gasteiger partial charge in [0, 0.05) is 18.5 Å². The van der Waals surface area contributed by atoms with E-state index >= 15 is 0 Å². The van der Waals surface area contributed by atoms with Crippen molar-refractivity contribution in [2.45, 2.75) is 25.7 Å². The Bertz CT molecular complexity index is 937. The van der Waals surface area contributed by atoms with E-state index in [0.717, 1.165) is 48.9 Å². The topological polar surface area (TPSA) is 50.5 Å². The average Bonchev–Trinajstić information content (AvgIpc) is 3.08. The smallest absolute Gasteiger partial charge is 0.272 e. The Morgan fingerprint density at radius 2 is 1.77 bits per heavy atom. The third kappa shape index (κ3) is 3.03. The summed E-state index contributed by atoms with van der Waals surface area (Å²) in [5.74, 6) is -0.113. The van der Waals surface area contributed by atoms with Crippen molar-refractivity contribution in [3.8, 4) is 0 Å². The van der Waals surface area contributed by atoms with Gasteiger partial charge in [0.05, 0.1) is 5.56 Å². The summed E-state index contributed by atoms with van der Waals surface area (Å²) in [5, 5.41) is 0.741. The standard InChI is InChI=1S/C22H20NO3/c24-15-19-21(22(25)23-12-5-2-6-13-23)20-17(10-7-11-18(20)26-19)14-16-8-3-1-4-9-16/h1,3-4,7-11H,2,5-6,12-14H2. The molecule has 1 aliphatic rings. The third-order valence-corrected chi connectivity index (χ3v) is 4.99. The number of furan rings is 1. The van der Waals surface area contributed by atoms with Crippen LogP contribution in [0.15, 0.2) is 52.9 Å². The van der Waals surface area contributed by atoms with Gasteiger partial charge in [0.15, 0.2) is 5.76 Å². The van der Waals surface area contributed by atoms with Crippen LogP contribution in [0.4, 0.5) is 0 Å². The lowest BCUT2D eigenvalue weighted by molar-refractivity contribution is 0.0725. The molecule has 4 nitrogen and oxygen atoms in total. The summed E-state index contributed by atoms with van der Waals surface area (Å²) in [6.07, 6.45) is 5.65. The van der Waals surface area contributed by atoms with Crippen molar-refractivity contribution in [1.29, 1.82) is 0 Å². The van der Waals surface area contributed by atoms with Crippen molar-refractivity contribution < 1.29 is 14.0 Å². The molecule has 4 heteroatoms. The van der Waals surface area contributed by atoms with Gasteiger partial charge >= 0.3 is 0 Å². The predicted octanol–water partition coefficient (Wildman–Crippen LogP) is 4.11. The van der Waals surface area contributed by atoms with Crippen LogP contribution in [0, 0.1) is 0 Å². The van der Waals surface area contributed by atoms with Crippen molar-refractivity contribution in [1.82, 2.24) is 4.90 Å². The highest BCUT2D eigenvalue weighted by atomic mass is 16.3. The molecular formula is C22H20NO3. The molecule has 1 fully saturated rings. The first-order chi connectivity index (χ1) is 12.8. The van der Waals surface area contributed by atoms with Crippen LogP contribution in [0.5, 0.6) is 0 Å². The van der Waals surface area contributed by atoms with Crippen LogP contribution in [-0.2, 0) is 11.2 Å². The van der Waals surface area contributed by atoms with E-state index in [1.54, 1.807) is 6.07 Å². The maximum atomic E-state index is 13.1. The van der Waals surface area contributed by atoms with Gasteiger partial charge in [0.25, 0.3) is 12.2 Å². The highest BCUT2D eigenvalue weighted by Crippen LogP contribution is 2.31. The van der Waals surface area contributed by atoms with Gasteiger partial charge in [0.2, 0.25) is 0 Å². The Balaban J connectivity index is 1.82. The molecule has 2 aromatic carbocycles. The zero-order valence-corrected chi connectivity index (χ0v) is 14.5. The fourth-order valence-corrected chi connectivity index (χ4v) is 3.71. The molecule has 0 aliphatic carbocycles. The van der Waals surface area contributed by atoms with E-state index in [0.29, 0.717) is 17.6 Å². The van der Waals surface area contributed by atoms with E-state index in [9.17, 15) is 9.59 Å². The van der Waals surface area contributed by atoms with Crippen molar-refractivity contribution >= 4 is 23.2 Å². The van der Waals surface area contributed by atoms with E-state index < -0.39 is 0 Å². The molecule has 1 amide bonds. The zero-order valence-electron chi connectivity index (χ0n) is 14.5. The van der Waals surface area contributed by atoms with E-state index in [1.165, 1.54) is 0 Å². The zero-order chi connectivity index (χ0) is 17.9. The lowest BCUT2D eigenvalue weighted by Gasteiger charge is -2.26. The number of carbonyl (C=O) groups is 1. The summed E-state index contributed by atoms with van der Waals surface area (Å²) in [4.78, 5) is 26.4. The molecule has 1 radical (unpaired) electrons. The third-order valence-electron chi connectivity index (χ3n) is 4.99. The number of carbonyl (C=O) groups excluding carboxylic acids is 2. The molecule has 3 aromatic rings. The number of benzene rings is 2. The van der Waals surface area contributed by atoms with E-state index in [1.807, 2.05) is 41.5 Å². The summed E-state index contributed by atoms with van der Waals surface area (Å²) in [6, 6.07) is 15.8. The molecule has 1 saturated heterocycles. The van der Waals surface area contributed by atoms with Gasteiger partial charge in [-0.1, -0.05) is 42.5 Å². The molecule has 0 N–H and O–H groups in total. The first-order valence-corrected chi connectivity index (χ1v) is 9.03. The second-order valence-corrected chi connectivity index (χ2v) is 6.71. The second kappa shape index (κ2) is 7.16. The van der Waals surface area contributed by atoms with Crippen molar-refractivity contribution in [3.05, 3.63) is 71.0 Å². The fraction of sp³-hybridized carbons (Fsp3) is 0.273. The number of nitrogens with zero attached hydrogens (tertiary/aromatic N) is 1. The van der Waals surface area contributed by atoms with Gasteiger partial charge in [-0.25, -0.2) is 0 Å². The molecule has 0 bridgehead atoms. The van der Waals surface area contributed by atoms with Crippen LogP contribution >= 0.6 is 0 Å². The molecule has 0 unspecified atom stereocenters. The minimum absolute atomic E-state index is 0.0103. The normalized spacial score (nSPS) is 14.5. The molecule has 0 spiro atoms. The van der Waals surface area contributed by atoms with Crippen molar-refractivity contribution in [2.24, 2.45) is 0 Å². The first kappa shape index (κ1) is 16.6. The number of piperidine rings is 1. The molecule has 0 saturated carbocycles. The molecule has 0 atom stereocenters. The maximum Gasteiger partial charge on any atom is 0.272 e. The Hall–Kier alpha value is -2.88. The Morgan fingerprint density at radius 3 is 2.50 bits per heavy atom. The number of rotatable bonds is 4. The fourth-order valence-electron chi connectivity index (χ4n) is 3.71. The number of likely N-dealkylation sites (tertiary alicyclic amines) is 1. The van der Waals surface area contributed by atoms with Gasteiger partial charge in [-0.05, 0) is 42.9 Å². The highest BCUT2D eigenvalue weighted by Gasteiger charge is 2.28. The predicted molar refractivity (Wildman–Crippen MR) is 100 cm³/mol. The van der Waals surface area contributed by atoms with Crippen molar-refractivity contribution in [2.75, 3.05) is 13.1 Å². The number of fused-ring (bicyclic) bond motifs is 1. The minimum atomic E-state index is -0.123. The van der Waals surface area contributed by atoms with Crippen molar-refractivity contribution in [3.63, 3.8) is 0 Å². The summed E-state index contributed by atoms with van der Waals surface area (Å²) >= 11 is 0. The molecular weight excluding hydrogens is 326 g/mol. The minimum Gasteiger partial charge on any atom is -0.452 e. The lowest BCUT2D eigenvalue weighted by Crippen LogP contribution is -2.36. The Kier molecular flexibility index (Phi) is 4.57. The Labute approximate surface area is 152 Å². The molecule has 1 aromatic heterocycles. The van der Waals surface area contributed by atoms with Gasteiger partial charge in [-0.3, -0.25) is 9.59 Å². The van der Waals surface area contributed by atoms with Gasteiger partial charge in [0.1, 0.15) is 5.58 Å². The van der Waals surface area contributed by atoms with Crippen LogP contribution in [0.25, 0.3) is 11.0 Å². The summed E-state index contributed by atoms with van der Waals surface area (Å²) in [5.41, 5.74) is 3.06. The van der Waals surface area contributed by atoms with E-state index in [2.05, 4.69) is 12.1 Å². The highest BCUT2D eigenvalue weighted by molar-refractivity contribution is 6.12. The van der Waals surface area contributed by atoms with Gasteiger partial charge < -0.3 is 9.32 Å². The SMILES string of the molecule is O=[C]c1oc2cccc(Cc3ccccc3)c2c1C(=O)N1CCCCC1. The summed E-state index contributed by atoms with van der Waals surface area (Å²) in [7, 11) is 0. The summed E-state index contributed by atoms with van der Waals surface area (Å²) < 4.78 is 5.67. The lowest BCUT2D eigenvalue weighted by atomic mass is 9.97. The quantitative estimate of drug-likeness (QED) is 0.714. The second-order valence-electron chi connectivity index (χ2n) is 6.71. The van der Waals surface area contributed by atoms with Crippen LogP contribution < -0.4 is 0 Å². The summed E-state index contributed by atoms with van der Waals surface area (Å²) in [6.45, 7) is 1.45. The van der Waals surface area contributed by atoms with E-state index in [-0.39, 0.29) is 11.7 Å². The van der Waals surface area contributed by atoms with Crippen LogP contribution in [0.3, 0.4) is 0 Å². The number of hydrogen-bond acceptors (Lipinski definition) is 3. The Morgan fingerprint density at radius 1 is 1.00 bits per heavy atom. The molecule has 2 heterocycles. The van der Waals surface area contributed by atoms with Crippen LogP contribution in [0.1, 0.15) is 46.5 Å². The first-order valence-electron chi connectivity index (χ1n) is 9.03. The number of hydrogen-bond donors (Lipinski definition) is 0. The maximum absolute atomic E-state index is 13.1. The number of amides is 1. The molecule has 1 aliphatic heterocycles. The van der Waals surface area contributed by atoms with Gasteiger partial charge in [-0.15, -0.1) is 0 Å². The largest absolute Gasteiger partial charge is 0.452 e. The monoisotopic (exact) mass is 346 g/mol. The average molecular weight is 346 g/mol.